The number of amides is 1. The summed E-state index contributed by atoms with van der Waals surface area (Å²) in [7, 11) is 0. The fourth-order valence-corrected chi connectivity index (χ4v) is 1.98. The summed E-state index contributed by atoms with van der Waals surface area (Å²) in [6.45, 7) is 6.25. The van der Waals surface area contributed by atoms with E-state index in [0.29, 0.717) is 25.0 Å². The SMILES string of the molecule is CC(C)CN=C(N)NCCCNC(=O)c1cccs1. The van der Waals surface area contributed by atoms with Crippen LogP contribution in [0.15, 0.2) is 22.5 Å². The molecule has 106 valence electrons. The number of carbonyl (C=O) groups excluding carboxylic acids is 1. The molecule has 0 aromatic carbocycles. The second-order valence-electron chi connectivity index (χ2n) is 4.63. The Morgan fingerprint density at radius 1 is 1.42 bits per heavy atom. The zero-order valence-electron chi connectivity index (χ0n) is 11.5. The first-order valence-electron chi connectivity index (χ1n) is 6.45. The molecule has 0 atom stereocenters. The number of nitrogens with two attached hydrogens (primary N) is 1. The lowest BCUT2D eigenvalue weighted by Crippen LogP contribution is -2.34. The summed E-state index contributed by atoms with van der Waals surface area (Å²) in [5.41, 5.74) is 5.69. The van der Waals surface area contributed by atoms with E-state index < -0.39 is 0 Å². The lowest BCUT2D eigenvalue weighted by atomic mass is 10.2. The molecule has 1 aromatic heterocycles. The lowest BCUT2D eigenvalue weighted by molar-refractivity contribution is 0.0957. The summed E-state index contributed by atoms with van der Waals surface area (Å²) in [5.74, 6) is 0.958. The largest absolute Gasteiger partial charge is 0.370 e. The summed E-state index contributed by atoms with van der Waals surface area (Å²) >= 11 is 1.44. The van der Waals surface area contributed by atoms with Crippen LogP contribution in [0.25, 0.3) is 0 Å². The van der Waals surface area contributed by atoms with Crippen LogP contribution < -0.4 is 16.4 Å². The van der Waals surface area contributed by atoms with Gasteiger partial charge >= 0.3 is 0 Å². The van der Waals surface area contributed by atoms with Crippen LogP contribution in [0.1, 0.15) is 29.9 Å². The molecule has 0 fully saturated rings. The maximum absolute atomic E-state index is 11.6. The Labute approximate surface area is 118 Å². The fraction of sp³-hybridized carbons (Fsp3) is 0.538. The Morgan fingerprint density at radius 2 is 2.16 bits per heavy atom. The van der Waals surface area contributed by atoms with Gasteiger partial charge in [0.25, 0.3) is 5.91 Å². The molecule has 1 rings (SSSR count). The molecule has 0 saturated heterocycles. The fourth-order valence-electron chi connectivity index (χ4n) is 1.34. The summed E-state index contributed by atoms with van der Waals surface area (Å²) in [4.78, 5) is 16.5. The van der Waals surface area contributed by atoms with Crippen molar-refractivity contribution in [2.24, 2.45) is 16.6 Å². The highest BCUT2D eigenvalue weighted by Gasteiger charge is 2.04. The van der Waals surface area contributed by atoms with Gasteiger partial charge in [-0.15, -0.1) is 11.3 Å². The number of hydrogen-bond donors (Lipinski definition) is 3. The van der Waals surface area contributed by atoms with Gasteiger partial charge in [0.2, 0.25) is 0 Å². The first-order chi connectivity index (χ1) is 9.09. The normalized spacial score (nSPS) is 11.6. The van der Waals surface area contributed by atoms with E-state index in [4.69, 9.17) is 5.73 Å². The number of guanidine groups is 1. The van der Waals surface area contributed by atoms with Gasteiger partial charge in [-0.25, -0.2) is 0 Å². The van der Waals surface area contributed by atoms with Crippen LogP contribution in [0.3, 0.4) is 0 Å². The molecule has 1 amide bonds. The van der Waals surface area contributed by atoms with Crippen molar-refractivity contribution < 1.29 is 4.79 Å². The van der Waals surface area contributed by atoms with Crippen molar-refractivity contribution in [1.82, 2.24) is 10.6 Å². The molecular formula is C13H22N4OS. The van der Waals surface area contributed by atoms with Crippen molar-refractivity contribution >= 4 is 23.2 Å². The Kier molecular flexibility index (Phi) is 6.95. The molecule has 6 heteroatoms. The van der Waals surface area contributed by atoms with Crippen molar-refractivity contribution in [3.05, 3.63) is 22.4 Å². The van der Waals surface area contributed by atoms with Crippen molar-refractivity contribution in [2.75, 3.05) is 19.6 Å². The highest BCUT2D eigenvalue weighted by atomic mass is 32.1. The van der Waals surface area contributed by atoms with E-state index in [1.165, 1.54) is 11.3 Å². The summed E-state index contributed by atoms with van der Waals surface area (Å²) in [6.07, 6.45) is 0.814. The minimum atomic E-state index is -0.0172. The third-order valence-corrected chi connectivity index (χ3v) is 3.19. The molecule has 0 unspecified atom stereocenters. The number of nitrogens with one attached hydrogen (secondary N) is 2. The molecule has 0 aliphatic carbocycles. The van der Waals surface area contributed by atoms with Crippen LogP contribution in [0, 0.1) is 5.92 Å². The topological polar surface area (TPSA) is 79.5 Å². The van der Waals surface area contributed by atoms with E-state index in [-0.39, 0.29) is 5.91 Å². The van der Waals surface area contributed by atoms with Crippen molar-refractivity contribution in [2.45, 2.75) is 20.3 Å². The number of nitrogens with zero attached hydrogens (tertiary/aromatic N) is 1. The molecule has 1 heterocycles. The zero-order chi connectivity index (χ0) is 14.1. The van der Waals surface area contributed by atoms with E-state index in [9.17, 15) is 4.79 Å². The summed E-state index contributed by atoms with van der Waals surface area (Å²) < 4.78 is 0. The highest BCUT2D eigenvalue weighted by molar-refractivity contribution is 7.12. The van der Waals surface area contributed by atoms with Crippen LogP contribution in [0.4, 0.5) is 0 Å². The van der Waals surface area contributed by atoms with Crippen LogP contribution in [0.2, 0.25) is 0 Å². The van der Waals surface area contributed by atoms with Crippen LogP contribution >= 0.6 is 11.3 Å². The van der Waals surface area contributed by atoms with Gasteiger partial charge in [0, 0.05) is 19.6 Å². The number of rotatable bonds is 7. The number of aliphatic imine (C=N–C) groups is 1. The standard InChI is InChI=1S/C13H22N4OS/c1-10(2)9-17-13(14)16-7-4-6-15-12(18)11-5-3-8-19-11/h3,5,8,10H,4,6-7,9H2,1-2H3,(H,15,18)(H3,14,16,17). The van der Waals surface area contributed by atoms with Gasteiger partial charge in [0.1, 0.15) is 0 Å². The van der Waals surface area contributed by atoms with Crippen molar-refractivity contribution in [3.63, 3.8) is 0 Å². The van der Waals surface area contributed by atoms with Gasteiger partial charge in [-0.05, 0) is 23.8 Å². The molecule has 0 aliphatic heterocycles. The van der Waals surface area contributed by atoms with Crippen LogP contribution in [0.5, 0.6) is 0 Å². The quantitative estimate of drug-likeness (QED) is 0.402. The Morgan fingerprint density at radius 3 is 2.79 bits per heavy atom. The first-order valence-corrected chi connectivity index (χ1v) is 7.33. The molecule has 1 aromatic rings. The average Bonchev–Trinajstić information content (AvgIpc) is 2.89. The average molecular weight is 282 g/mol. The second-order valence-corrected chi connectivity index (χ2v) is 5.58. The maximum atomic E-state index is 11.6. The smallest absolute Gasteiger partial charge is 0.261 e. The lowest BCUT2D eigenvalue weighted by Gasteiger charge is -2.07. The Hall–Kier alpha value is -1.56. The molecule has 19 heavy (non-hydrogen) atoms. The molecule has 0 saturated carbocycles. The molecule has 0 radical (unpaired) electrons. The monoisotopic (exact) mass is 282 g/mol. The molecule has 0 bridgehead atoms. The molecule has 4 N–H and O–H groups in total. The molecule has 5 nitrogen and oxygen atoms in total. The Balaban J connectivity index is 2.08. The first kappa shape index (κ1) is 15.5. The van der Waals surface area contributed by atoms with Crippen molar-refractivity contribution in [1.29, 1.82) is 0 Å². The predicted octanol–water partition coefficient (Wildman–Crippen LogP) is 1.43. The van der Waals surface area contributed by atoms with Crippen LogP contribution in [-0.4, -0.2) is 31.5 Å². The molecular weight excluding hydrogens is 260 g/mol. The number of thiophene rings is 1. The molecule has 0 spiro atoms. The van der Waals surface area contributed by atoms with E-state index in [0.717, 1.165) is 17.8 Å². The maximum Gasteiger partial charge on any atom is 0.261 e. The van der Waals surface area contributed by atoms with Gasteiger partial charge in [0.05, 0.1) is 4.88 Å². The third-order valence-electron chi connectivity index (χ3n) is 2.32. The summed E-state index contributed by atoms with van der Waals surface area (Å²) in [5, 5.41) is 7.78. The van der Waals surface area contributed by atoms with Gasteiger partial charge in [-0.1, -0.05) is 19.9 Å². The predicted molar refractivity (Wildman–Crippen MR) is 80.6 cm³/mol. The second kappa shape index (κ2) is 8.53. The van der Waals surface area contributed by atoms with E-state index in [1.807, 2.05) is 17.5 Å². The van der Waals surface area contributed by atoms with Gasteiger partial charge in [-0.2, -0.15) is 0 Å². The van der Waals surface area contributed by atoms with Crippen LogP contribution in [-0.2, 0) is 0 Å². The van der Waals surface area contributed by atoms with E-state index in [2.05, 4.69) is 29.5 Å². The minimum absolute atomic E-state index is 0.0172. The van der Waals surface area contributed by atoms with Gasteiger partial charge < -0.3 is 16.4 Å². The highest BCUT2D eigenvalue weighted by Crippen LogP contribution is 2.07. The van der Waals surface area contributed by atoms with Crippen molar-refractivity contribution in [3.8, 4) is 0 Å². The number of carbonyl (C=O) groups is 1. The van der Waals surface area contributed by atoms with Gasteiger partial charge in [0.15, 0.2) is 5.96 Å². The zero-order valence-corrected chi connectivity index (χ0v) is 12.3. The number of hydrogen-bond acceptors (Lipinski definition) is 3. The van der Waals surface area contributed by atoms with Gasteiger partial charge in [-0.3, -0.25) is 9.79 Å². The third kappa shape index (κ3) is 6.81. The molecule has 0 aliphatic rings. The Bertz CT molecular complexity index is 401. The minimum Gasteiger partial charge on any atom is -0.370 e. The summed E-state index contributed by atoms with van der Waals surface area (Å²) in [6, 6.07) is 3.68. The van der Waals surface area contributed by atoms with E-state index >= 15 is 0 Å². The van der Waals surface area contributed by atoms with E-state index in [1.54, 1.807) is 0 Å².